The zero-order chi connectivity index (χ0) is 10.7. The Morgan fingerprint density at radius 2 is 1.92 bits per heavy atom. The van der Waals surface area contributed by atoms with Gasteiger partial charge in [-0.25, -0.2) is 0 Å². The number of hydrogen-bond donors (Lipinski definition) is 2. The molecule has 1 unspecified atom stereocenters. The molecule has 3 N–H and O–H groups in total. The first-order valence-corrected chi connectivity index (χ1v) is 4.31. The van der Waals surface area contributed by atoms with Crippen molar-refractivity contribution < 1.29 is 9.53 Å². The fraction of sp³-hybridized carbons (Fsp3) is 0.889. The van der Waals surface area contributed by atoms with Gasteiger partial charge >= 0.3 is 0 Å². The summed E-state index contributed by atoms with van der Waals surface area (Å²) in [7, 11) is 3.34. The molecule has 1 amide bonds. The van der Waals surface area contributed by atoms with Gasteiger partial charge in [0.2, 0.25) is 5.91 Å². The van der Waals surface area contributed by atoms with E-state index in [0.717, 1.165) is 0 Å². The summed E-state index contributed by atoms with van der Waals surface area (Å²) < 4.78 is 5.24. The summed E-state index contributed by atoms with van der Waals surface area (Å²) in [5, 5.41) is 2.91. The third-order valence-electron chi connectivity index (χ3n) is 2.43. The van der Waals surface area contributed by atoms with Crippen molar-refractivity contribution >= 4 is 5.91 Å². The third kappa shape index (κ3) is 3.32. The average molecular weight is 188 g/mol. The SMILES string of the molecule is CNC(C)(CC(C)(C)OC)C(N)=O. The molecular weight excluding hydrogens is 168 g/mol. The van der Waals surface area contributed by atoms with Gasteiger partial charge in [0.15, 0.2) is 0 Å². The number of hydrogen-bond acceptors (Lipinski definition) is 3. The van der Waals surface area contributed by atoms with Gasteiger partial charge < -0.3 is 15.8 Å². The zero-order valence-electron chi connectivity index (χ0n) is 9.10. The first-order chi connectivity index (χ1) is 5.77. The molecule has 78 valence electrons. The number of rotatable bonds is 5. The first kappa shape index (κ1) is 12.4. The zero-order valence-corrected chi connectivity index (χ0v) is 9.10. The van der Waals surface area contributed by atoms with Crippen molar-refractivity contribution in [2.45, 2.75) is 38.3 Å². The molecule has 0 saturated carbocycles. The number of likely N-dealkylation sites (N-methyl/N-ethyl adjacent to an activating group) is 1. The largest absolute Gasteiger partial charge is 0.379 e. The third-order valence-corrected chi connectivity index (χ3v) is 2.43. The van der Waals surface area contributed by atoms with Gasteiger partial charge in [0.05, 0.1) is 11.1 Å². The Morgan fingerprint density at radius 1 is 1.46 bits per heavy atom. The van der Waals surface area contributed by atoms with E-state index in [1.54, 1.807) is 21.1 Å². The summed E-state index contributed by atoms with van der Waals surface area (Å²) in [4.78, 5) is 11.2. The lowest BCUT2D eigenvalue weighted by molar-refractivity contribution is -0.126. The molecule has 0 aliphatic carbocycles. The molecule has 0 aromatic rings. The minimum Gasteiger partial charge on any atom is -0.379 e. The molecule has 0 radical (unpaired) electrons. The number of primary amides is 1. The van der Waals surface area contributed by atoms with Crippen molar-refractivity contribution in [2.24, 2.45) is 5.73 Å². The second-order valence-electron chi connectivity index (χ2n) is 4.09. The molecule has 0 spiro atoms. The average Bonchev–Trinajstić information content (AvgIpc) is 2.03. The Kier molecular flexibility index (Phi) is 3.88. The molecule has 1 atom stereocenters. The molecule has 0 bridgehead atoms. The standard InChI is InChI=1S/C9H20N2O2/c1-8(2,13-5)6-9(3,11-4)7(10)12/h11H,6H2,1-5H3,(H2,10,12). The Labute approximate surface area is 79.8 Å². The van der Waals surface area contributed by atoms with Crippen LogP contribution >= 0.6 is 0 Å². The minimum absolute atomic E-state index is 0.354. The van der Waals surface area contributed by atoms with Crippen molar-refractivity contribution in [2.75, 3.05) is 14.2 Å². The summed E-state index contributed by atoms with van der Waals surface area (Å²) in [5.41, 5.74) is 4.22. The summed E-state index contributed by atoms with van der Waals surface area (Å²) >= 11 is 0. The molecule has 0 heterocycles. The van der Waals surface area contributed by atoms with E-state index in [9.17, 15) is 4.79 Å². The maximum Gasteiger partial charge on any atom is 0.237 e. The molecule has 0 aromatic heterocycles. The lowest BCUT2D eigenvalue weighted by Crippen LogP contribution is -2.55. The maximum absolute atomic E-state index is 11.2. The number of nitrogens with two attached hydrogens (primary N) is 1. The number of methoxy groups -OCH3 is 1. The number of amides is 1. The maximum atomic E-state index is 11.2. The molecule has 4 nitrogen and oxygen atoms in total. The van der Waals surface area contributed by atoms with Gasteiger partial charge in [-0.3, -0.25) is 4.79 Å². The molecule has 0 aliphatic heterocycles. The predicted octanol–water partition coefficient (Wildman–Crippen LogP) is 0.265. The fourth-order valence-corrected chi connectivity index (χ4v) is 1.22. The van der Waals surface area contributed by atoms with E-state index >= 15 is 0 Å². The van der Waals surface area contributed by atoms with Gasteiger partial charge in [0.1, 0.15) is 0 Å². The molecule has 0 aromatic carbocycles. The van der Waals surface area contributed by atoms with E-state index < -0.39 is 5.54 Å². The molecule has 4 heteroatoms. The van der Waals surface area contributed by atoms with E-state index in [2.05, 4.69) is 5.32 Å². The van der Waals surface area contributed by atoms with Crippen LogP contribution in [0.1, 0.15) is 27.2 Å². The molecule has 13 heavy (non-hydrogen) atoms. The van der Waals surface area contributed by atoms with Gasteiger partial charge in [0, 0.05) is 13.5 Å². The van der Waals surface area contributed by atoms with Crippen molar-refractivity contribution in [3.63, 3.8) is 0 Å². The van der Waals surface area contributed by atoms with Crippen LogP contribution in [-0.2, 0) is 9.53 Å². The second-order valence-corrected chi connectivity index (χ2v) is 4.09. The minimum atomic E-state index is -0.709. The van der Waals surface area contributed by atoms with Crippen molar-refractivity contribution in [1.29, 1.82) is 0 Å². The summed E-state index contributed by atoms with van der Waals surface area (Å²) in [5.74, 6) is -0.361. The Bertz CT molecular complexity index is 192. The molecule has 0 fully saturated rings. The van der Waals surface area contributed by atoms with Crippen LogP contribution in [0.2, 0.25) is 0 Å². The van der Waals surface area contributed by atoms with E-state index in [0.29, 0.717) is 6.42 Å². The fourth-order valence-electron chi connectivity index (χ4n) is 1.22. The quantitative estimate of drug-likeness (QED) is 0.650. The van der Waals surface area contributed by atoms with Crippen LogP contribution in [0.3, 0.4) is 0 Å². The summed E-state index contributed by atoms with van der Waals surface area (Å²) in [6, 6.07) is 0. The highest BCUT2D eigenvalue weighted by Gasteiger charge is 2.35. The molecular formula is C9H20N2O2. The van der Waals surface area contributed by atoms with Crippen molar-refractivity contribution in [3.05, 3.63) is 0 Å². The predicted molar refractivity (Wildman–Crippen MR) is 52.4 cm³/mol. The van der Waals surface area contributed by atoms with Gasteiger partial charge in [-0.05, 0) is 27.8 Å². The van der Waals surface area contributed by atoms with Crippen LogP contribution in [0.15, 0.2) is 0 Å². The number of ether oxygens (including phenoxy) is 1. The highest BCUT2D eigenvalue weighted by atomic mass is 16.5. The monoisotopic (exact) mass is 188 g/mol. The molecule has 0 saturated heterocycles. The van der Waals surface area contributed by atoms with Gasteiger partial charge in [-0.15, -0.1) is 0 Å². The van der Waals surface area contributed by atoms with E-state index in [4.69, 9.17) is 10.5 Å². The van der Waals surface area contributed by atoms with E-state index in [-0.39, 0.29) is 11.5 Å². The van der Waals surface area contributed by atoms with E-state index in [1.165, 1.54) is 0 Å². The summed E-state index contributed by atoms with van der Waals surface area (Å²) in [6.45, 7) is 5.62. The number of nitrogens with one attached hydrogen (secondary N) is 1. The van der Waals surface area contributed by atoms with Crippen molar-refractivity contribution in [3.8, 4) is 0 Å². The van der Waals surface area contributed by atoms with Gasteiger partial charge in [-0.1, -0.05) is 0 Å². The van der Waals surface area contributed by atoms with Crippen LogP contribution in [-0.4, -0.2) is 31.2 Å². The molecule has 0 rings (SSSR count). The van der Waals surface area contributed by atoms with Crippen LogP contribution in [0.4, 0.5) is 0 Å². The van der Waals surface area contributed by atoms with Crippen LogP contribution in [0.25, 0.3) is 0 Å². The Hall–Kier alpha value is -0.610. The summed E-state index contributed by atoms with van der Waals surface area (Å²) in [6.07, 6.45) is 0.544. The Morgan fingerprint density at radius 3 is 2.15 bits per heavy atom. The van der Waals surface area contributed by atoms with Crippen LogP contribution in [0, 0.1) is 0 Å². The Balaban J connectivity index is 4.54. The van der Waals surface area contributed by atoms with Gasteiger partial charge in [-0.2, -0.15) is 0 Å². The van der Waals surface area contributed by atoms with E-state index in [1.807, 2.05) is 13.8 Å². The smallest absolute Gasteiger partial charge is 0.237 e. The molecule has 0 aliphatic rings. The first-order valence-electron chi connectivity index (χ1n) is 4.31. The lowest BCUT2D eigenvalue weighted by Gasteiger charge is -2.34. The number of carbonyl (C=O) groups excluding carboxylic acids is 1. The highest BCUT2D eigenvalue weighted by Crippen LogP contribution is 2.22. The number of carbonyl (C=O) groups is 1. The van der Waals surface area contributed by atoms with Crippen molar-refractivity contribution in [1.82, 2.24) is 5.32 Å². The normalized spacial score (nSPS) is 16.7. The van der Waals surface area contributed by atoms with Gasteiger partial charge in [0.25, 0.3) is 0 Å². The topological polar surface area (TPSA) is 64.3 Å². The van der Waals surface area contributed by atoms with Crippen LogP contribution < -0.4 is 11.1 Å². The van der Waals surface area contributed by atoms with Crippen LogP contribution in [0.5, 0.6) is 0 Å². The lowest BCUT2D eigenvalue weighted by atomic mass is 9.87. The second kappa shape index (κ2) is 4.07. The highest BCUT2D eigenvalue weighted by molar-refractivity contribution is 5.84.